The van der Waals surface area contributed by atoms with Crippen molar-refractivity contribution >= 4 is 33.5 Å². The van der Waals surface area contributed by atoms with Crippen LogP contribution in [0.2, 0.25) is 5.02 Å². The third kappa shape index (κ3) is 5.10. The predicted molar refractivity (Wildman–Crippen MR) is 80.5 cm³/mol. The molecular weight excluding hydrogens is 332 g/mol. The number of carbonyl (C=O) groups is 1. The smallest absolute Gasteiger partial charge is 0.327 e. The number of likely N-dealkylation sites (N-methyl/N-ethyl adjacent to an activating group) is 1. The van der Waals surface area contributed by atoms with Gasteiger partial charge in [-0.15, -0.1) is 0 Å². The third-order valence-electron chi connectivity index (χ3n) is 2.61. The standard InChI is InChI=1S/C13H18BrClN2O2/c1-17(2)7-6-16-12(13(18)19-3)10-8-9(14)4-5-11(10)15/h4-5,8,12,16H,6-7H2,1-3H3. The van der Waals surface area contributed by atoms with Gasteiger partial charge in [0.2, 0.25) is 0 Å². The highest BCUT2D eigenvalue weighted by Crippen LogP contribution is 2.27. The van der Waals surface area contributed by atoms with E-state index in [2.05, 4.69) is 21.2 Å². The van der Waals surface area contributed by atoms with E-state index in [0.717, 1.165) is 11.0 Å². The van der Waals surface area contributed by atoms with Crippen LogP contribution in [-0.2, 0) is 9.53 Å². The lowest BCUT2D eigenvalue weighted by Crippen LogP contribution is -2.34. The van der Waals surface area contributed by atoms with Crippen LogP contribution in [-0.4, -0.2) is 45.2 Å². The molecule has 0 aliphatic heterocycles. The van der Waals surface area contributed by atoms with E-state index < -0.39 is 6.04 Å². The molecule has 1 aromatic carbocycles. The fourth-order valence-corrected chi connectivity index (χ4v) is 2.21. The van der Waals surface area contributed by atoms with Crippen molar-refractivity contribution < 1.29 is 9.53 Å². The van der Waals surface area contributed by atoms with E-state index in [1.807, 2.05) is 31.1 Å². The van der Waals surface area contributed by atoms with Crippen molar-refractivity contribution in [2.24, 2.45) is 0 Å². The summed E-state index contributed by atoms with van der Waals surface area (Å²) in [5, 5.41) is 3.70. The molecule has 0 spiro atoms. The number of rotatable bonds is 6. The Hall–Kier alpha value is -0.620. The molecule has 0 heterocycles. The van der Waals surface area contributed by atoms with Crippen molar-refractivity contribution in [2.75, 3.05) is 34.3 Å². The van der Waals surface area contributed by atoms with Crippen LogP contribution in [0, 0.1) is 0 Å². The monoisotopic (exact) mass is 348 g/mol. The van der Waals surface area contributed by atoms with Crippen molar-refractivity contribution in [3.8, 4) is 0 Å². The summed E-state index contributed by atoms with van der Waals surface area (Å²) in [5.74, 6) is -0.348. The summed E-state index contributed by atoms with van der Waals surface area (Å²) in [5.41, 5.74) is 0.710. The van der Waals surface area contributed by atoms with Gasteiger partial charge in [0, 0.05) is 22.6 Å². The number of esters is 1. The Kier molecular flexibility index (Phi) is 6.79. The van der Waals surface area contributed by atoms with Crippen LogP contribution in [0.5, 0.6) is 0 Å². The summed E-state index contributed by atoms with van der Waals surface area (Å²) in [6.45, 7) is 1.48. The van der Waals surface area contributed by atoms with Crippen LogP contribution < -0.4 is 5.32 Å². The topological polar surface area (TPSA) is 41.6 Å². The van der Waals surface area contributed by atoms with E-state index in [-0.39, 0.29) is 5.97 Å². The second-order valence-corrected chi connectivity index (χ2v) is 5.70. The van der Waals surface area contributed by atoms with Crippen LogP contribution in [0.1, 0.15) is 11.6 Å². The number of hydrogen-bond donors (Lipinski definition) is 1. The first-order chi connectivity index (χ1) is 8.95. The summed E-state index contributed by atoms with van der Waals surface area (Å²) in [6, 6.07) is 4.85. The zero-order valence-corrected chi connectivity index (χ0v) is 13.6. The van der Waals surface area contributed by atoms with Gasteiger partial charge in [0.15, 0.2) is 0 Å². The molecule has 0 saturated carbocycles. The largest absolute Gasteiger partial charge is 0.468 e. The fraction of sp³-hybridized carbons (Fsp3) is 0.462. The fourth-order valence-electron chi connectivity index (χ4n) is 1.61. The molecule has 1 rings (SSSR count). The van der Waals surface area contributed by atoms with Crippen LogP contribution in [0.25, 0.3) is 0 Å². The normalized spacial score (nSPS) is 12.5. The highest BCUT2D eigenvalue weighted by atomic mass is 79.9. The molecule has 1 atom stereocenters. The SMILES string of the molecule is COC(=O)C(NCCN(C)C)c1cc(Br)ccc1Cl. The van der Waals surface area contributed by atoms with Gasteiger partial charge in [0.1, 0.15) is 6.04 Å². The van der Waals surface area contributed by atoms with Crippen LogP contribution in [0.15, 0.2) is 22.7 Å². The van der Waals surface area contributed by atoms with Crippen LogP contribution in [0.4, 0.5) is 0 Å². The number of nitrogens with one attached hydrogen (secondary N) is 1. The number of hydrogen-bond acceptors (Lipinski definition) is 4. The van der Waals surface area contributed by atoms with Gasteiger partial charge in [-0.1, -0.05) is 27.5 Å². The molecule has 1 N–H and O–H groups in total. The zero-order valence-electron chi connectivity index (χ0n) is 11.2. The van der Waals surface area contributed by atoms with Crippen LogP contribution >= 0.6 is 27.5 Å². The molecule has 0 radical (unpaired) electrons. The van der Waals surface area contributed by atoms with Crippen molar-refractivity contribution in [3.05, 3.63) is 33.3 Å². The van der Waals surface area contributed by atoms with Crippen molar-refractivity contribution in [1.29, 1.82) is 0 Å². The van der Waals surface area contributed by atoms with Gasteiger partial charge in [-0.05, 0) is 37.9 Å². The molecule has 1 unspecified atom stereocenters. The molecule has 1 aromatic rings. The summed E-state index contributed by atoms with van der Waals surface area (Å²) in [6.07, 6.45) is 0. The van der Waals surface area contributed by atoms with Gasteiger partial charge < -0.3 is 9.64 Å². The lowest BCUT2D eigenvalue weighted by Gasteiger charge is -2.19. The second-order valence-electron chi connectivity index (χ2n) is 4.38. The highest BCUT2D eigenvalue weighted by Gasteiger charge is 2.23. The maximum atomic E-state index is 11.9. The van der Waals surface area contributed by atoms with Gasteiger partial charge in [-0.25, -0.2) is 4.79 Å². The van der Waals surface area contributed by atoms with E-state index in [1.54, 1.807) is 6.07 Å². The average Bonchev–Trinajstić information content (AvgIpc) is 2.37. The lowest BCUT2D eigenvalue weighted by molar-refractivity contribution is -0.143. The van der Waals surface area contributed by atoms with E-state index in [4.69, 9.17) is 16.3 Å². The Balaban J connectivity index is 2.89. The number of halogens is 2. The highest BCUT2D eigenvalue weighted by molar-refractivity contribution is 9.10. The molecule has 4 nitrogen and oxygen atoms in total. The van der Waals surface area contributed by atoms with E-state index in [0.29, 0.717) is 17.1 Å². The summed E-state index contributed by atoms with van der Waals surface area (Å²) in [4.78, 5) is 13.9. The first-order valence-corrected chi connectivity index (χ1v) is 7.03. The molecule has 0 bridgehead atoms. The summed E-state index contributed by atoms with van der Waals surface area (Å²) < 4.78 is 5.70. The Morgan fingerprint density at radius 1 is 1.53 bits per heavy atom. The minimum absolute atomic E-state index is 0.348. The Labute approximate surface area is 127 Å². The Morgan fingerprint density at radius 3 is 2.79 bits per heavy atom. The van der Waals surface area contributed by atoms with E-state index >= 15 is 0 Å². The second kappa shape index (κ2) is 7.85. The Bertz CT molecular complexity index is 441. The van der Waals surface area contributed by atoms with Crippen LogP contribution in [0.3, 0.4) is 0 Å². The lowest BCUT2D eigenvalue weighted by atomic mass is 10.1. The van der Waals surface area contributed by atoms with Gasteiger partial charge in [0.05, 0.1) is 7.11 Å². The molecule has 0 aromatic heterocycles. The molecule has 0 fully saturated rings. The average molecular weight is 350 g/mol. The zero-order chi connectivity index (χ0) is 14.4. The first kappa shape index (κ1) is 16.4. The number of methoxy groups -OCH3 is 1. The molecule has 0 saturated heterocycles. The third-order valence-corrected chi connectivity index (χ3v) is 3.45. The van der Waals surface area contributed by atoms with Crippen molar-refractivity contribution in [1.82, 2.24) is 10.2 Å². The van der Waals surface area contributed by atoms with Crippen molar-refractivity contribution in [2.45, 2.75) is 6.04 Å². The van der Waals surface area contributed by atoms with Crippen molar-refractivity contribution in [3.63, 3.8) is 0 Å². The van der Waals surface area contributed by atoms with E-state index in [9.17, 15) is 4.79 Å². The molecule has 6 heteroatoms. The molecule has 19 heavy (non-hydrogen) atoms. The predicted octanol–water partition coefficient (Wildman–Crippen LogP) is 2.47. The molecule has 0 aliphatic carbocycles. The molecule has 106 valence electrons. The van der Waals surface area contributed by atoms with Gasteiger partial charge in [-0.2, -0.15) is 0 Å². The summed E-state index contributed by atoms with van der Waals surface area (Å²) >= 11 is 9.53. The Morgan fingerprint density at radius 2 is 2.21 bits per heavy atom. The number of nitrogens with zero attached hydrogens (tertiary/aromatic N) is 1. The number of benzene rings is 1. The molecular formula is C13H18BrClN2O2. The van der Waals surface area contributed by atoms with Gasteiger partial charge >= 0.3 is 5.97 Å². The number of carbonyl (C=O) groups excluding carboxylic acids is 1. The molecule has 0 aliphatic rings. The number of ether oxygens (including phenoxy) is 1. The quantitative estimate of drug-likeness (QED) is 0.801. The minimum atomic E-state index is -0.560. The maximum Gasteiger partial charge on any atom is 0.327 e. The summed E-state index contributed by atoms with van der Waals surface area (Å²) in [7, 11) is 5.32. The van der Waals surface area contributed by atoms with Gasteiger partial charge in [0.25, 0.3) is 0 Å². The van der Waals surface area contributed by atoms with Gasteiger partial charge in [-0.3, -0.25) is 5.32 Å². The maximum absolute atomic E-state index is 11.9. The first-order valence-electron chi connectivity index (χ1n) is 5.86. The van der Waals surface area contributed by atoms with E-state index in [1.165, 1.54) is 7.11 Å². The molecule has 0 amide bonds. The minimum Gasteiger partial charge on any atom is -0.468 e.